The fourth-order valence-corrected chi connectivity index (χ4v) is 2.91. The molecule has 0 radical (unpaired) electrons. The second kappa shape index (κ2) is 4.58. The van der Waals surface area contributed by atoms with Crippen LogP contribution in [0.1, 0.15) is 19.3 Å². The number of hydrogen-bond acceptors (Lipinski definition) is 3. The second-order valence-electron chi connectivity index (χ2n) is 5.84. The number of likely N-dealkylation sites (tertiary alicyclic amines) is 1. The minimum Gasteiger partial charge on any atom is -0.339 e. The van der Waals surface area contributed by atoms with Gasteiger partial charge < -0.3 is 10.2 Å². The summed E-state index contributed by atoms with van der Waals surface area (Å²) in [5, 5.41) is 10.7. The van der Waals surface area contributed by atoms with Crippen LogP contribution in [0, 0.1) is 5.92 Å². The van der Waals surface area contributed by atoms with Crippen LogP contribution in [0.4, 0.5) is 5.69 Å². The largest absolute Gasteiger partial charge is 0.339 e. The first-order valence-electron chi connectivity index (χ1n) is 7.24. The van der Waals surface area contributed by atoms with Crippen molar-refractivity contribution in [2.45, 2.75) is 25.3 Å². The molecule has 0 spiro atoms. The third-order valence-corrected chi connectivity index (χ3v) is 4.23. The van der Waals surface area contributed by atoms with Crippen LogP contribution in [0.3, 0.4) is 0 Å². The molecule has 2 N–H and O–H groups in total. The number of hydrogen-bond donors (Lipinski definition) is 2. The van der Waals surface area contributed by atoms with E-state index >= 15 is 0 Å². The number of anilines is 1. The van der Waals surface area contributed by atoms with Gasteiger partial charge in [0.05, 0.1) is 17.6 Å². The predicted octanol–water partition coefficient (Wildman–Crippen LogP) is 1.51. The molecule has 1 saturated carbocycles. The molecule has 2 aliphatic rings. The molecule has 1 aliphatic heterocycles. The number of nitrogens with one attached hydrogen (secondary N) is 2. The number of aromatic nitrogens is 2. The van der Waals surface area contributed by atoms with Gasteiger partial charge in [0, 0.05) is 30.1 Å². The molecule has 6 heteroatoms. The van der Waals surface area contributed by atoms with Gasteiger partial charge in [0.1, 0.15) is 0 Å². The van der Waals surface area contributed by atoms with E-state index in [0.717, 1.165) is 29.4 Å². The van der Waals surface area contributed by atoms with Crippen LogP contribution in [0.2, 0.25) is 0 Å². The first-order chi connectivity index (χ1) is 10.2. The summed E-state index contributed by atoms with van der Waals surface area (Å²) in [5.74, 6) is -0.206. The van der Waals surface area contributed by atoms with Gasteiger partial charge in [0.2, 0.25) is 11.8 Å². The van der Waals surface area contributed by atoms with Crippen molar-refractivity contribution in [3.8, 4) is 0 Å². The summed E-state index contributed by atoms with van der Waals surface area (Å²) in [6, 6.07) is 6.00. The average Bonchev–Trinajstić information content (AvgIpc) is 3.07. The summed E-state index contributed by atoms with van der Waals surface area (Å²) >= 11 is 0. The molecule has 2 amide bonds. The smallest absolute Gasteiger partial charge is 0.229 e. The van der Waals surface area contributed by atoms with Gasteiger partial charge in [-0.25, -0.2) is 0 Å². The standard InChI is InChI=1S/C15H16N4O2/c20-14-5-10(8-19(14)12-3-4-12)15(21)17-11-2-1-9-7-16-18-13(9)6-11/h1-2,6-7,10,12H,3-5,8H2,(H,16,18)(H,17,21). The van der Waals surface area contributed by atoms with Crippen molar-refractivity contribution in [2.75, 3.05) is 11.9 Å². The number of rotatable bonds is 3. The van der Waals surface area contributed by atoms with E-state index in [9.17, 15) is 9.59 Å². The Bertz CT molecular complexity index is 719. The van der Waals surface area contributed by atoms with E-state index in [0.29, 0.717) is 19.0 Å². The van der Waals surface area contributed by atoms with Crippen LogP contribution in [0.25, 0.3) is 10.9 Å². The number of aromatic amines is 1. The zero-order chi connectivity index (χ0) is 14.4. The van der Waals surface area contributed by atoms with E-state index in [2.05, 4.69) is 15.5 Å². The van der Waals surface area contributed by atoms with Gasteiger partial charge in [-0.2, -0.15) is 5.10 Å². The van der Waals surface area contributed by atoms with Crippen LogP contribution < -0.4 is 5.32 Å². The fourth-order valence-electron chi connectivity index (χ4n) is 2.91. The summed E-state index contributed by atoms with van der Waals surface area (Å²) in [4.78, 5) is 26.1. The lowest BCUT2D eigenvalue weighted by Crippen LogP contribution is -2.29. The van der Waals surface area contributed by atoms with Gasteiger partial charge in [-0.3, -0.25) is 14.7 Å². The molecular weight excluding hydrogens is 268 g/mol. The van der Waals surface area contributed by atoms with E-state index in [1.54, 1.807) is 6.20 Å². The SMILES string of the molecule is O=C(Nc1ccc2cn[nH]c2c1)C1CC(=O)N(C2CC2)C1. The Labute approximate surface area is 121 Å². The first-order valence-corrected chi connectivity index (χ1v) is 7.24. The maximum absolute atomic E-state index is 12.3. The van der Waals surface area contributed by atoms with Crippen molar-refractivity contribution in [1.82, 2.24) is 15.1 Å². The quantitative estimate of drug-likeness (QED) is 0.896. The molecule has 1 saturated heterocycles. The van der Waals surface area contributed by atoms with Crippen LogP contribution in [0.5, 0.6) is 0 Å². The van der Waals surface area contributed by atoms with E-state index in [1.165, 1.54) is 0 Å². The van der Waals surface area contributed by atoms with Gasteiger partial charge in [-0.05, 0) is 31.0 Å². The van der Waals surface area contributed by atoms with Crippen molar-refractivity contribution < 1.29 is 9.59 Å². The zero-order valence-corrected chi connectivity index (χ0v) is 11.5. The fraction of sp³-hybridized carbons (Fsp3) is 0.400. The number of benzene rings is 1. The molecule has 1 aromatic carbocycles. The van der Waals surface area contributed by atoms with Crippen molar-refractivity contribution in [3.05, 3.63) is 24.4 Å². The summed E-state index contributed by atoms with van der Waals surface area (Å²) in [7, 11) is 0. The van der Waals surface area contributed by atoms with Crippen LogP contribution in [-0.4, -0.2) is 39.5 Å². The lowest BCUT2D eigenvalue weighted by molar-refractivity contribution is -0.128. The van der Waals surface area contributed by atoms with Gasteiger partial charge in [-0.15, -0.1) is 0 Å². The second-order valence-corrected chi connectivity index (χ2v) is 5.84. The molecule has 1 aliphatic carbocycles. The Balaban J connectivity index is 1.46. The molecule has 21 heavy (non-hydrogen) atoms. The molecule has 2 fully saturated rings. The van der Waals surface area contributed by atoms with Gasteiger partial charge in [-0.1, -0.05) is 0 Å². The number of fused-ring (bicyclic) bond motifs is 1. The molecule has 0 bridgehead atoms. The topological polar surface area (TPSA) is 78.1 Å². The highest BCUT2D eigenvalue weighted by atomic mass is 16.2. The summed E-state index contributed by atoms with van der Waals surface area (Å²) < 4.78 is 0. The lowest BCUT2D eigenvalue weighted by atomic mass is 10.1. The van der Waals surface area contributed by atoms with E-state index < -0.39 is 0 Å². The van der Waals surface area contributed by atoms with Gasteiger partial charge in [0.15, 0.2) is 0 Å². The normalized spacial score (nSPS) is 22.0. The van der Waals surface area contributed by atoms with Crippen molar-refractivity contribution >= 4 is 28.4 Å². The third-order valence-electron chi connectivity index (χ3n) is 4.23. The number of H-pyrrole nitrogens is 1. The highest BCUT2D eigenvalue weighted by Crippen LogP contribution is 2.33. The van der Waals surface area contributed by atoms with E-state index in [1.807, 2.05) is 23.1 Å². The number of carbonyl (C=O) groups excluding carboxylic acids is 2. The predicted molar refractivity (Wildman–Crippen MR) is 77.6 cm³/mol. The molecular formula is C15H16N4O2. The third kappa shape index (κ3) is 2.26. The summed E-state index contributed by atoms with van der Waals surface area (Å²) in [6.45, 7) is 0.557. The van der Waals surface area contributed by atoms with Crippen molar-refractivity contribution in [1.29, 1.82) is 0 Å². The lowest BCUT2D eigenvalue weighted by Gasteiger charge is -2.15. The molecule has 6 nitrogen and oxygen atoms in total. The highest BCUT2D eigenvalue weighted by molar-refractivity contribution is 5.98. The molecule has 4 rings (SSSR count). The highest BCUT2D eigenvalue weighted by Gasteiger charge is 2.41. The molecule has 2 aromatic rings. The Kier molecular flexibility index (Phi) is 2.70. The Morgan fingerprint density at radius 1 is 1.38 bits per heavy atom. The van der Waals surface area contributed by atoms with E-state index in [4.69, 9.17) is 0 Å². The minimum atomic E-state index is -0.240. The number of nitrogens with zero attached hydrogens (tertiary/aromatic N) is 2. The molecule has 1 atom stereocenters. The average molecular weight is 284 g/mol. The summed E-state index contributed by atoms with van der Waals surface area (Å²) in [6.07, 6.45) is 4.23. The summed E-state index contributed by atoms with van der Waals surface area (Å²) in [5.41, 5.74) is 1.61. The minimum absolute atomic E-state index is 0.0784. The van der Waals surface area contributed by atoms with Crippen molar-refractivity contribution in [2.24, 2.45) is 5.92 Å². The maximum Gasteiger partial charge on any atom is 0.229 e. The first kappa shape index (κ1) is 12.4. The maximum atomic E-state index is 12.3. The Morgan fingerprint density at radius 3 is 3.05 bits per heavy atom. The van der Waals surface area contributed by atoms with Gasteiger partial charge in [0.25, 0.3) is 0 Å². The molecule has 1 unspecified atom stereocenters. The van der Waals surface area contributed by atoms with Crippen LogP contribution in [-0.2, 0) is 9.59 Å². The van der Waals surface area contributed by atoms with Crippen molar-refractivity contribution in [3.63, 3.8) is 0 Å². The van der Waals surface area contributed by atoms with Gasteiger partial charge >= 0.3 is 0 Å². The Morgan fingerprint density at radius 2 is 2.24 bits per heavy atom. The molecule has 2 heterocycles. The number of carbonyl (C=O) groups is 2. The molecule has 108 valence electrons. The Hall–Kier alpha value is -2.37. The van der Waals surface area contributed by atoms with E-state index in [-0.39, 0.29) is 17.7 Å². The zero-order valence-electron chi connectivity index (χ0n) is 11.5. The molecule has 1 aromatic heterocycles. The number of amides is 2. The monoisotopic (exact) mass is 284 g/mol. The van der Waals surface area contributed by atoms with Crippen LogP contribution >= 0.6 is 0 Å². The van der Waals surface area contributed by atoms with Crippen LogP contribution in [0.15, 0.2) is 24.4 Å².